The van der Waals surface area contributed by atoms with Gasteiger partial charge in [-0.1, -0.05) is 6.92 Å². The van der Waals surface area contributed by atoms with Gasteiger partial charge in [-0.25, -0.2) is 0 Å². The first-order valence-corrected chi connectivity index (χ1v) is 7.58. The summed E-state index contributed by atoms with van der Waals surface area (Å²) in [6, 6.07) is 4.56. The van der Waals surface area contributed by atoms with Crippen molar-refractivity contribution in [2.24, 2.45) is 0 Å². The summed E-state index contributed by atoms with van der Waals surface area (Å²) in [7, 11) is 0. The summed E-state index contributed by atoms with van der Waals surface area (Å²) in [6.45, 7) is 2.80. The highest BCUT2D eigenvalue weighted by Gasteiger charge is 2.28. The van der Waals surface area contributed by atoms with Crippen molar-refractivity contribution in [1.82, 2.24) is 4.90 Å². The van der Waals surface area contributed by atoms with Crippen molar-refractivity contribution in [2.75, 3.05) is 6.54 Å². The van der Waals surface area contributed by atoms with Gasteiger partial charge >= 0.3 is 0 Å². The van der Waals surface area contributed by atoms with E-state index >= 15 is 0 Å². The SMILES string of the molecule is CCC1CCCCN1C(=O)c1cc([N+](=O)[O-])ccc1Br. The van der Waals surface area contributed by atoms with Crippen molar-refractivity contribution >= 4 is 27.5 Å². The van der Waals surface area contributed by atoms with Crippen molar-refractivity contribution in [3.05, 3.63) is 38.3 Å². The molecule has 0 spiro atoms. The molecule has 0 aliphatic carbocycles. The van der Waals surface area contributed by atoms with Crippen molar-refractivity contribution in [3.63, 3.8) is 0 Å². The molecule has 20 heavy (non-hydrogen) atoms. The van der Waals surface area contributed by atoms with E-state index in [0.29, 0.717) is 10.0 Å². The zero-order valence-electron chi connectivity index (χ0n) is 11.3. The van der Waals surface area contributed by atoms with Crippen LogP contribution in [0.4, 0.5) is 5.69 Å². The van der Waals surface area contributed by atoms with Gasteiger partial charge in [-0.15, -0.1) is 0 Å². The van der Waals surface area contributed by atoms with E-state index in [1.165, 1.54) is 12.1 Å². The lowest BCUT2D eigenvalue weighted by Gasteiger charge is -2.35. The minimum Gasteiger partial charge on any atom is -0.336 e. The number of carbonyl (C=O) groups excluding carboxylic acids is 1. The molecule has 1 saturated heterocycles. The molecular formula is C14H17BrN2O3. The predicted octanol–water partition coefficient (Wildman–Crippen LogP) is 3.76. The zero-order valence-corrected chi connectivity index (χ0v) is 12.9. The molecule has 108 valence electrons. The number of hydrogen-bond donors (Lipinski definition) is 0. The normalized spacial score (nSPS) is 18.9. The minimum absolute atomic E-state index is 0.0541. The quantitative estimate of drug-likeness (QED) is 0.621. The average Bonchev–Trinajstić information content (AvgIpc) is 2.46. The maximum atomic E-state index is 12.6. The Balaban J connectivity index is 2.32. The second kappa shape index (κ2) is 6.35. The molecule has 6 heteroatoms. The number of benzene rings is 1. The third-order valence-electron chi connectivity index (χ3n) is 3.75. The van der Waals surface area contributed by atoms with Crippen LogP contribution in [-0.4, -0.2) is 28.3 Å². The molecule has 1 aromatic rings. The molecule has 0 radical (unpaired) electrons. The van der Waals surface area contributed by atoms with Gasteiger partial charge in [0.05, 0.1) is 10.5 Å². The molecule has 1 atom stereocenters. The summed E-state index contributed by atoms with van der Waals surface area (Å²) >= 11 is 3.32. The van der Waals surface area contributed by atoms with Gasteiger partial charge in [0.15, 0.2) is 0 Å². The van der Waals surface area contributed by atoms with Gasteiger partial charge < -0.3 is 4.90 Å². The molecule has 1 unspecified atom stereocenters. The smallest absolute Gasteiger partial charge is 0.270 e. The van der Waals surface area contributed by atoms with Crippen LogP contribution in [-0.2, 0) is 0 Å². The molecule has 0 saturated carbocycles. The summed E-state index contributed by atoms with van der Waals surface area (Å²) < 4.78 is 0.605. The van der Waals surface area contributed by atoms with Crippen LogP contribution in [0.1, 0.15) is 43.0 Å². The van der Waals surface area contributed by atoms with E-state index in [-0.39, 0.29) is 17.6 Å². The molecule has 1 heterocycles. The Morgan fingerprint density at radius 1 is 1.50 bits per heavy atom. The van der Waals surface area contributed by atoms with Crippen molar-refractivity contribution in [3.8, 4) is 0 Å². The maximum absolute atomic E-state index is 12.6. The summed E-state index contributed by atoms with van der Waals surface area (Å²) in [5.41, 5.74) is 0.321. The van der Waals surface area contributed by atoms with Gasteiger partial charge in [-0.3, -0.25) is 14.9 Å². The lowest BCUT2D eigenvalue weighted by molar-refractivity contribution is -0.384. The summed E-state index contributed by atoms with van der Waals surface area (Å²) in [5.74, 6) is -0.118. The first-order chi connectivity index (χ1) is 9.54. The highest BCUT2D eigenvalue weighted by atomic mass is 79.9. The summed E-state index contributed by atoms with van der Waals surface area (Å²) in [6.07, 6.45) is 4.06. The molecule has 1 fully saturated rings. The predicted molar refractivity (Wildman–Crippen MR) is 79.8 cm³/mol. The first-order valence-electron chi connectivity index (χ1n) is 6.79. The molecular weight excluding hydrogens is 324 g/mol. The largest absolute Gasteiger partial charge is 0.336 e. The van der Waals surface area contributed by atoms with Crippen LogP contribution in [0.2, 0.25) is 0 Å². The Labute approximate surface area is 126 Å². The van der Waals surface area contributed by atoms with Gasteiger partial charge in [0.1, 0.15) is 0 Å². The van der Waals surface area contributed by atoms with Crippen LogP contribution >= 0.6 is 15.9 Å². The zero-order chi connectivity index (χ0) is 14.7. The fraction of sp³-hybridized carbons (Fsp3) is 0.500. The fourth-order valence-electron chi connectivity index (χ4n) is 2.64. The number of nitro benzene ring substituents is 1. The third kappa shape index (κ3) is 3.00. The number of rotatable bonds is 3. The lowest BCUT2D eigenvalue weighted by Crippen LogP contribution is -2.43. The first kappa shape index (κ1) is 15.0. The van der Waals surface area contributed by atoms with E-state index in [9.17, 15) is 14.9 Å². The number of amides is 1. The van der Waals surface area contributed by atoms with E-state index < -0.39 is 4.92 Å². The number of likely N-dealkylation sites (tertiary alicyclic amines) is 1. The minimum atomic E-state index is -0.475. The Morgan fingerprint density at radius 2 is 2.25 bits per heavy atom. The van der Waals surface area contributed by atoms with Crippen LogP contribution in [0, 0.1) is 10.1 Å². The number of piperidine rings is 1. The maximum Gasteiger partial charge on any atom is 0.270 e. The van der Waals surface area contributed by atoms with E-state index in [1.807, 2.05) is 4.90 Å². The third-order valence-corrected chi connectivity index (χ3v) is 4.44. The Kier molecular flexibility index (Phi) is 4.75. The molecule has 0 bridgehead atoms. The van der Waals surface area contributed by atoms with Crippen LogP contribution < -0.4 is 0 Å². The molecule has 1 amide bonds. The number of hydrogen-bond acceptors (Lipinski definition) is 3. The molecule has 2 rings (SSSR count). The molecule has 1 aromatic carbocycles. The molecule has 1 aliphatic rings. The van der Waals surface area contributed by atoms with Crippen LogP contribution in [0.5, 0.6) is 0 Å². The Hall–Kier alpha value is -1.43. The Bertz CT molecular complexity index is 533. The van der Waals surface area contributed by atoms with Crippen LogP contribution in [0.25, 0.3) is 0 Å². The molecule has 5 nitrogen and oxygen atoms in total. The number of non-ortho nitro benzene ring substituents is 1. The highest BCUT2D eigenvalue weighted by Crippen LogP contribution is 2.27. The van der Waals surface area contributed by atoms with Gasteiger partial charge in [0.2, 0.25) is 0 Å². The van der Waals surface area contributed by atoms with Gasteiger partial charge in [0, 0.05) is 29.2 Å². The average molecular weight is 341 g/mol. The van der Waals surface area contributed by atoms with E-state index in [1.54, 1.807) is 6.07 Å². The van der Waals surface area contributed by atoms with Crippen molar-refractivity contribution in [2.45, 2.75) is 38.6 Å². The highest BCUT2D eigenvalue weighted by molar-refractivity contribution is 9.10. The van der Waals surface area contributed by atoms with E-state index in [2.05, 4.69) is 22.9 Å². The molecule has 1 aliphatic heterocycles. The summed E-state index contributed by atoms with van der Waals surface area (Å²) in [4.78, 5) is 24.9. The lowest BCUT2D eigenvalue weighted by atomic mass is 9.99. The number of nitro groups is 1. The second-order valence-electron chi connectivity index (χ2n) is 4.98. The van der Waals surface area contributed by atoms with Gasteiger partial charge in [-0.2, -0.15) is 0 Å². The number of nitrogens with zero attached hydrogens (tertiary/aromatic N) is 2. The number of carbonyl (C=O) groups is 1. The van der Waals surface area contributed by atoms with Gasteiger partial charge in [0.25, 0.3) is 11.6 Å². The van der Waals surface area contributed by atoms with Gasteiger partial charge in [-0.05, 0) is 47.7 Å². The topological polar surface area (TPSA) is 63.5 Å². The van der Waals surface area contributed by atoms with E-state index in [0.717, 1.165) is 32.2 Å². The molecule has 0 N–H and O–H groups in total. The number of halogens is 1. The second-order valence-corrected chi connectivity index (χ2v) is 5.83. The summed E-state index contributed by atoms with van der Waals surface area (Å²) in [5, 5.41) is 10.8. The fourth-order valence-corrected chi connectivity index (χ4v) is 3.05. The van der Waals surface area contributed by atoms with E-state index in [4.69, 9.17) is 0 Å². The standard InChI is InChI=1S/C14H17BrN2O3/c1-2-10-5-3-4-8-16(10)14(18)12-9-11(17(19)20)6-7-13(12)15/h6-7,9-10H,2-5,8H2,1H3. The Morgan fingerprint density at radius 3 is 2.90 bits per heavy atom. The van der Waals surface area contributed by atoms with Crippen molar-refractivity contribution in [1.29, 1.82) is 0 Å². The van der Waals surface area contributed by atoms with Crippen molar-refractivity contribution < 1.29 is 9.72 Å². The monoisotopic (exact) mass is 340 g/mol. The van der Waals surface area contributed by atoms with Crippen LogP contribution in [0.15, 0.2) is 22.7 Å². The van der Waals surface area contributed by atoms with Crippen LogP contribution in [0.3, 0.4) is 0 Å². The molecule has 0 aromatic heterocycles.